The standard InChI is InChI=1S/C49H91NO5/c1-3-5-7-9-11-13-15-16-17-20-23-27-31-35-39-43-49(54)55-44-40-36-32-28-24-21-18-19-22-26-30-34-38-42-48(53)50-46(45-51)47(52)41-37-33-29-25-14-12-10-8-6-4-2/h11,13,16-17,37,41,46-47,51-52H,3-10,12,14-15,18-36,38-40,42-45H2,1-2H3,(H,50,53)/b13-11-,17-16-,41-37+. The molecule has 6 nitrogen and oxygen atoms in total. The lowest BCUT2D eigenvalue weighted by atomic mass is 10.0. The number of unbranched alkanes of at least 4 members (excludes halogenated alkanes) is 28. The molecule has 0 aromatic rings. The van der Waals surface area contributed by atoms with E-state index in [2.05, 4.69) is 43.5 Å². The average Bonchev–Trinajstić information content (AvgIpc) is 3.18. The van der Waals surface area contributed by atoms with Crippen molar-refractivity contribution in [2.24, 2.45) is 0 Å². The minimum absolute atomic E-state index is 0.0220. The molecule has 0 heterocycles. The Bertz CT molecular complexity index is 900. The van der Waals surface area contributed by atoms with Crippen molar-refractivity contribution in [2.45, 2.75) is 251 Å². The van der Waals surface area contributed by atoms with E-state index < -0.39 is 12.1 Å². The zero-order valence-corrected chi connectivity index (χ0v) is 36.4. The van der Waals surface area contributed by atoms with E-state index in [0.29, 0.717) is 19.4 Å². The van der Waals surface area contributed by atoms with E-state index in [9.17, 15) is 19.8 Å². The number of carbonyl (C=O) groups excluding carboxylic acids is 2. The number of aliphatic hydroxyl groups is 2. The average molecular weight is 774 g/mol. The first-order chi connectivity index (χ1) is 27.0. The van der Waals surface area contributed by atoms with Gasteiger partial charge in [0.15, 0.2) is 0 Å². The molecule has 0 aliphatic rings. The van der Waals surface area contributed by atoms with Crippen LogP contribution in [0.1, 0.15) is 239 Å². The summed E-state index contributed by atoms with van der Waals surface area (Å²) >= 11 is 0. The number of ether oxygens (including phenoxy) is 1. The molecule has 0 bridgehead atoms. The van der Waals surface area contributed by atoms with E-state index in [0.717, 1.165) is 70.6 Å². The minimum atomic E-state index is -0.851. The summed E-state index contributed by atoms with van der Waals surface area (Å²) in [5.41, 5.74) is 0. The molecule has 2 unspecified atom stereocenters. The van der Waals surface area contributed by atoms with Crippen molar-refractivity contribution < 1.29 is 24.5 Å². The molecule has 0 aliphatic carbocycles. The van der Waals surface area contributed by atoms with Crippen LogP contribution < -0.4 is 5.32 Å². The summed E-state index contributed by atoms with van der Waals surface area (Å²) in [4.78, 5) is 24.4. The van der Waals surface area contributed by atoms with Gasteiger partial charge in [0.25, 0.3) is 0 Å². The third-order valence-electron chi connectivity index (χ3n) is 10.7. The molecule has 0 fully saturated rings. The fourth-order valence-electron chi connectivity index (χ4n) is 6.95. The number of aliphatic hydroxyl groups excluding tert-OH is 2. The van der Waals surface area contributed by atoms with Crippen LogP contribution >= 0.6 is 0 Å². The zero-order valence-electron chi connectivity index (χ0n) is 36.4. The summed E-state index contributed by atoms with van der Waals surface area (Å²) in [5.74, 6) is -0.107. The number of rotatable bonds is 43. The summed E-state index contributed by atoms with van der Waals surface area (Å²) in [5, 5.41) is 22.9. The topological polar surface area (TPSA) is 95.9 Å². The van der Waals surface area contributed by atoms with Gasteiger partial charge in [-0.1, -0.05) is 198 Å². The smallest absolute Gasteiger partial charge is 0.305 e. The summed E-state index contributed by atoms with van der Waals surface area (Å²) in [6, 6.07) is -0.636. The zero-order chi connectivity index (χ0) is 40.1. The number of hydrogen-bond donors (Lipinski definition) is 3. The van der Waals surface area contributed by atoms with Gasteiger partial charge in [-0.15, -0.1) is 0 Å². The number of esters is 1. The Morgan fingerprint density at radius 1 is 0.509 bits per heavy atom. The van der Waals surface area contributed by atoms with Crippen LogP contribution in [0.15, 0.2) is 36.5 Å². The molecule has 3 N–H and O–H groups in total. The van der Waals surface area contributed by atoms with Gasteiger partial charge >= 0.3 is 5.97 Å². The van der Waals surface area contributed by atoms with E-state index in [4.69, 9.17) is 4.74 Å². The monoisotopic (exact) mass is 774 g/mol. The normalized spacial score (nSPS) is 13.0. The second kappa shape index (κ2) is 44.8. The van der Waals surface area contributed by atoms with Crippen molar-refractivity contribution in [3.8, 4) is 0 Å². The third-order valence-corrected chi connectivity index (χ3v) is 10.7. The maximum absolute atomic E-state index is 12.4. The predicted molar refractivity (Wildman–Crippen MR) is 236 cm³/mol. The first kappa shape index (κ1) is 53.1. The van der Waals surface area contributed by atoms with Crippen LogP contribution in [0.4, 0.5) is 0 Å². The molecule has 0 aromatic carbocycles. The molecule has 1 amide bonds. The van der Waals surface area contributed by atoms with E-state index >= 15 is 0 Å². The van der Waals surface area contributed by atoms with Crippen LogP contribution in [-0.2, 0) is 14.3 Å². The Morgan fingerprint density at radius 2 is 0.909 bits per heavy atom. The van der Waals surface area contributed by atoms with Gasteiger partial charge < -0.3 is 20.3 Å². The Hall–Kier alpha value is -1.92. The summed E-state index contributed by atoms with van der Waals surface area (Å²) in [6.07, 6.45) is 52.7. The van der Waals surface area contributed by atoms with Gasteiger partial charge in [-0.3, -0.25) is 9.59 Å². The number of nitrogens with one attached hydrogen (secondary N) is 1. The Labute approximate surface area is 341 Å². The highest BCUT2D eigenvalue weighted by atomic mass is 16.5. The van der Waals surface area contributed by atoms with Gasteiger partial charge in [-0.2, -0.15) is 0 Å². The molecule has 6 heteroatoms. The van der Waals surface area contributed by atoms with Crippen LogP contribution in [0.2, 0.25) is 0 Å². The lowest BCUT2D eigenvalue weighted by molar-refractivity contribution is -0.143. The molecule has 0 radical (unpaired) electrons. The first-order valence-corrected chi connectivity index (χ1v) is 23.8. The van der Waals surface area contributed by atoms with E-state index in [1.54, 1.807) is 6.08 Å². The van der Waals surface area contributed by atoms with Gasteiger partial charge in [-0.25, -0.2) is 0 Å². The molecule has 55 heavy (non-hydrogen) atoms. The quantitative estimate of drug-likeness (QED) is 0.0326. The Kier molecular flexibility index (Phi) is 43.2. The maximum Gasteiger partial charge on any atom is 0.305 e. The van der Waals surface area contributed by atoms with Crippen molar-refractivity contribution in [1.82, 2.24) is 5.32 Å². The van der Waals surface area contributed by atoms with Gasteiger partial charge in [0.2, 0.25) is 5.91 Å². The lowest BCUT2D eigenvalue weighted by Gasteiger charge is -2.20. The van der Waals surface area contributed by atoms with Crippen LogP contribution in [-0.4, -0.2) is 47.4 Å². The molecule has 322 valence electrons. The maximum atomic E-state index is 12.4. The first-order valence-electron chi connectivity index (χ1n) is 23.8. The van der Waals surface area contributed by atoms with Crippen LogP contribution in [0.3, 0.4) is 0 Å². The molecule has 0 aromatic heterocycles. The number of allylic oxidation sites excluding steroid dienone is 5. The fourth-order valence-corrected chi connectivity index (χ4v) is 6.95. The SMILES string of the molecule is CCCCC/C=C\C/C=C\CCCCCCCC(=O)OCCCCCCCCCCCCCCCC(=O)NC(CO)C(O)/C=C/CCCCCCCCCC. The van der Waals surface area contributed by atoms with E-state index in [1.807, 2.05) is 6.08 Å². The second-order valence-electron chi connectivity index (χ2n) is 16.1. The number of carbonyl (C=O) groups is 2. The predicted octanol–water partition coefficient (Wildman–Crippen LogP) is 13.7. The Morgan fingerprint density at radius 3 is 1.42 bits per heavy atom. The molecular weight excluding hydrogens is 683 g/mol. The second-order valence-corrected chi connectivity index (χ2v) is 16.1. The van der Waals surface area contributed by atoms with Gasteiger partial charge in [0.05, 0.1) is 25.4 Å². The number of amides is 1. The van der Waals surface area contributed by atoms with Crippen molar-refractivity contribution in [3.05, 3.63) is 36.5 Å². The summed E-state index contributed by atoms with van der Waals surface area (Å²) < 4.78 is 5.45. The molecule has 0 saturated heterocycles. The van der Waals surface area contributed by atoms with Crippen molar-refractivity contribution in [1.29, 1.82) is 0 Å². The molecule has 0 rings (SSSR count). The molecule has 2 atom stereocenters. The van der Waals surface area contributed by atoms with Crippen LogP contribution in [0.25, 0.3) is 0 Å². The highest BCUT2D eigenvalue weighted by Crippen LogP contribution is 2.15. The summed E-state index contributed by atoms with van der Waals surface area (Å²) in [6.45, 7) is 4.81. The van der Waals surface area contributed by atoms with Gasteiger partial charge in [0.1, 0.15) is 0 Å². The molecule has 0 saturated carbocycles. The molecule has 0 spiro atoms. The largest absolute Gasteiger partial charge is 0.466 e. The summed E-state index contributed by atoms with van der Waals surface area (Å²) in [7, 11) is 0. The van der Waals surface area contributed by atoms with E-state index in [1.165, 1.54) is 141 Å². The van der Waals surface area contributed by atoms with Crippen molar-refractivity contribution >= 4 is 11.9 Å². The highest BCUT2D eigenvalue weighted by Gasteiger charge is 2.18. The molecular formula is C49H91NO5. The van der Waals surface area contributed by atoms with Gasteiger partial charge in [-0.05, 0) is 64.2 Å². The van der Waals surface area contributed by atoms with Crippen molar-refractivity contribution in [2.75, 3.05) is 13.2 Å². The fraction of sp³-hybridized carbons (Fsp3) is 0.837. The van der Waals surface area contributed by atoms with Crippen LogP contribution in [0, 0.1) is 0 Å². The van der Waals surface area contributed by atoms with Crippen LogP contribution in [0.5, 0.6) is 0 Å². The minimum Gasteiger partial charge on any atom is -0.466 e. The van der Waals surface area contributed by atoms with E-state index in [-0.39, 0.29) is 18.5 Å². The highest BCUT2D eigenvalue weighted by molar-refractivity contribution is 5.76. The third kappa shape index (κ3) is 41.5. The van der Waals surface area contributed by atoms with Gasteiger partial charge in [0, 0.05) is 12.8 Å². The Balaban J connectivity index is 3.48. The number of hydrogen-bond acceptors (Lipinski definition) is 5. The van der Waals surface area contributed by atoms with Crippen molar-refractivity contribution in [3.63, 3.8) is 0 Å². The molecule has 0 aliphatic heterocycles. The lowest BCUT2D eigenvalue weighted by Crippen LogP contribution is -2.45.